The van der Waals surface area contributed by atoms with Gasteiger partial charge in [0.2, 0.25) is 15.9 Å². The fourth-order valence-corrected chi connectivity index (χ4v) is 5.21. The van der Waals surface area contributed by atoms with Crippen LogP contribution in [0.25, 0.3) is 16.7 Å². The summed E-state index contributed by atoms with van der Waals surface area (Å²) in [5.41, 5.74) is 2.14. The first-order valence-electron chi connectivity index (χ1n) is 10.6. The molecule has 10 nitrogen and oxygen atoms in total. The van der Waals surface area contributed by atoms with Crippen LogP contribution < -0.4 is 20.9 Å². The summed E-state index contributed by atoms with van der Waals surface area (Å²) in [4.78, 5) is 33.6. The van der Waals surface area contributed by atoms with Crippen LogP contribution in [0.1, 0.15) is 18.3 Å². The number of aromatic amines is 1. The normalized spacial score (nSPS) is 11.6. The van der Waals surface area contributed by atoms with Gasteiger partial charge < -0.3 is 15.2 Å². The van der Waals surface area contributed by atoms with Gasteiger partial charge in [0.05, 0.1) is 26.3 Å². The number of aromatic nitrogens is 3. The third kappa shape index (κ3) is 5.09. The Morgan fingerprint density at radius 3 is 2.44 bits per heavy atom. The van der Waals surface area contributed by atoms with Gasteiger partial charge in [-0.15, -0.1) is 0 Å². The lowest BCUT2D eigenvalue weighted by atomic mass is 10.1. The molecule has 1 amide bonds. The second kappa shape index (κ2) is 9.58. The van der Waals surface area contributed by atoms with Crippen LogP contribution >= 0.6 is 23.2 Å². The van der Waals surface area contributed by atoms with Gasteiger partial charge in [-0.1, -0.05) is 35.3 Å². The second-order valence-corrected chi connectivity index (χ2v) is 10.7. The summed E-state index contributed by atoms with van der Waals surface area (Å²) in [6.07, 6.45) is 1.92. The topological polar surface area (TPSA) is 143 Å². The molecule has 36 heavy (non-hydrogen) atoms. The summed E-state index contributed by atoms with van der Waals surface area (Å²) in [7, 11) is -0.498. The average Bonchev–Trinajstić information content (AvgIpc) is 3.12. The molecule has 2 aromatic carbocycles. The van der Waals surface area contributed by atoms with E-state index in [0.29, 0.717) is 22.6 Å². The number of fused-ring (bicyclic) bond motifs is 1. The van der Waals surface area contributed by atoms with Gasteiger partial charge in [0.25, 0.3) is 5.56 Å². The van der Waals surface area contributed by atoms with Gasteiger partial charge in [-0.25, -0.2) is 18.5 Å². The maximum atomic E-state index is 13.2. The SMILES string of the molecule is CC(=O)Nc1cccc(Cc2nc3c(c(N(C)C)cn3-c3c(Cl)cc(S(N)(=O)=O)cc3Cl)c(=O)[nH]2)c1. The van der Waals surface area contributed by atoms with Crippen molar-refractivity contribution in [1.82, 2.24) is 14.5 Å². The lowest BCUT2D eigenvalue weighted by Gasteiger charge is -2.12. The van der Waals surface area contributed by atoms with Crippen LogP contribution in [0.15, 0.2) is 52.3 Å². The minimum atomic E-state index is -4.04. The summed E-state index contributed by atoms with van der Waals surface area (Å²) < 4.78 is 25.2. The molecule has 0 aliphatic heterocycles. The Bertz CT molecular complexity index is 1650. The Hall–Kier alpha value is -3.38. The fourth-order valence-electron chi connectivity index (χ4n) is 3.85. The van der Waals surface area contributed by atoms with E-state index in [9.17, 15) is 18.0 Å². The average molecular weight is 549 g/mol. The zero-order valence-corrected chi connectivity index (χ0v) is 21.8. The molecule has 4 rings (SSSR count). The minimum absolute atomic E-state index is 0.0142. The van der Waals surface area contributed by atoms with Gasteiger partial charge in [0, 0.05) is 39.3 Å². The number of nitrogens with zero attached hydrogens (tertiary/aromatic N) is 3. The highest BCUT2D eigenvalue weighted by Crippen LogP contribution is 2.36. The molecule has 4 N–H and O–H groups in total. The van der Waals surface area contributed by atoms with Crippen molar-refractivity contribution in [3.8, 4) is 5.69 Å². The predicted octanol–water partition coefficient (Wildman–Crippen LogP) is 3.28. The van der Waals surface area contributed by atoms with E-state index in [0.717, 1.165) is 5.56 Å². The standard InChI is InChI=1S/C23H22Cl2N6O4S/c1-12(32)27-14-6-4-5-13(7-14)8-19-28-22-20(23(33)29-19)18(30(2)3)11-31(22)21-16(24)9-15(10-17(21)25)36(26,34)35/h4-7,9-11H,8H2,1-3H3,(H,27,32)(H2,26,34,35)(H,28,29,33). The lowest BCUT2D eigenvalue weighted by Crippen LogP contribution is -2.16. The van der Waals surface area contributed by atoms with Crippen molar-refractivity contribution in [2.24, 2.45) is 5.14 Å². The fraction of sp³-hybridized carbons (Fsp3) is 0.174. The summed E-state index contributed by atoms with van der Waals surface area (Å²) in [6.45, 7) is 1.42. The largest absolute Gasteiger partial charge is 0.376 e. The van der Waals surface area contributed by atoms with E-state index in [1.165, 1.54) is 19.1 Å². The van der Waals surface area contributed by atoms with Crippen LogP contribution in [0.4, 0.5) is 11.4 Å². The number of H-pyrrole nitrogens is 1. The van der Waals surface area contributed by atoms with Crippen LogP contribution in [-0.4, -0.2) is 43.0 Å². The van der Waals surface area contributed by atoms with Crippen molar-refractivity contribution in [3.63, 3.8) is 0 Å². The first kappa shape index (κ1) is 25.7. The summed E-state index contributed by atoms with van der Waals surface area (Å²) >= 11 is 12.9. The Morgan fingerprint density at radius 1 is 1.19 bits per heavy atom. The Kier molecular flexibility index (Phi) is 6.84. The van der Waals surface area contributed by atoms with Crippen LogP contribution in [0.5, 0.6) is 0 Å². The summed E-state index contributed by atoms with van der Waals surface area (Å²) in [6, 6.07) is 9.57. The number of benzene rings is 2. The van der Waals surface area contributed by atoms with E-state index >= 15 is 0 Å². The molecule has 0 aliphatic rings. The predicted molar refractivity (Wildman–Crippen MR) is 141 cm³/mol. The number of carbonyl (C=O) groups excluding carboxylic acids is 1. The van der Waals surface area contributed by atoms with Crippen molar-refractivity contribution < 1.29 is 13.2 Å². The molecule has 13 heteroatoms. The van der Waals surface area contributed by atoms with Crippen LogP contribution in [0, 0.1) is 0 Å². The summed E-state index contributed by atoms with van der Waals surface area (Å²) in [5, 5.41) is 8.28. The number of nitrogens with two attached hydrogens (primary N) is 1. The highest BCUT2D eigenvalue weighted by molar-refractivity contribution is 7.89. The first-order chi connectivity index (χ1) is 16.8. The van der Waals surface area contributed by atoms with E-state index in [1.807, 2.05) is 6.07 Å². The lowest BCUT2D eigenvalue weighted by molar-refractivity contribution is -0.114. The quantitative estimate of drug-likeness (QED) is 0.337. The van der Waals surface area contributed by atoms with Crippen molar-refractivity contribution >= 4 is 61.5 Å². The van der Waals surface area contributed by atoms with E-state index in [4.69, 9.17) is 28.3 Å². The second-order valence-electron chi connectivity index (χ2n) is 8.33. The molecule has 4 aromatic rings. The molecule has 0 atom stereocenters. The molecular formula is C23H22Cl2N6O4S. The third-order valence-electron chi connectivity index (χ3n) is 5.35. The molecule has 0 saturated heterocycles. The number of rotatable bonds is 6. The number of amides is 1. The zero-order chi connectivity index (χ0) is 26.4. The van der Waals surface area contributed by atoms with Crippen molar-refractivity contribution in [2.75, 3.05) is 24.3 Å². The summed E-state index contributed by atoms with van der Waals surface area (Å²) in [5.74, 6) is 0.168. The number of primary sulfonamides is 1. The monoisotopic (exact) mass is 548 g/mol. The number of anilines is 2. The van der Waals surface area contributed by atoms with E-state index in [1.54, 1.807) is 48.0 Å². The smallest absolute Gasteiger partial charge is 0.262 e. The molecule has 2 aromatic heterocycles. The maximum absolute atomic E-state index is 13.2. The maximum Gasteiger partial charge on any atom is 0.262 e. The Morgan fingerprint density at radius 2 is 1.86 bits per heavy atom. The highest BCUT2D eigenvalue weighted by Gasteiger charge is 2.22. The minimum Gasteiger partial charge on any atom is -0.376 e. The van der Waals surface area contributed by atoms with Gasteiger partial charge in [-0.3, -0.25) is 14.2 Å². The molecule has 0 unspecified atom stereocenters. The van der Waals surface area contributed by atoms with Gasteiger partial charge in [-0.2, -0.15) is 0 Å². The zero-order valence-electron chi connectivity index (χ0n) is 19.5. The molecule has 0 aliphatic carbocycles. The van der Waals surface area contributed by atoms with Gasteiger partial charge >= 0.3 is 0 Å². The van der Waals surface area contributed by atoms with Crippen molar-refractivity contribution in [3.05, 3.63) is 74.4 Å². The molecule has 0 saturated carbocycles. The number of nitrogens with one attached hydrogen (secondary N) is 2. The number of sulfonamides is 1. The number of carbonyl (C=O) groups is 1. The number of hydrogen-bond donors (Lipinski definition) is 3. The van der Waals surface area contributed by atoms with Gasteiger partial charge in [0.1, 0.15) is 11.2 Å². The highest BCUT2D eigenvalue weighted by atomic mass is 35.5. The van der Waals surface area contributed by atoms with Crippen molar-refractivity contribution in [1.29, 1.82) is 0 Å². The molecule has 0 bridgehead atoms. The molecule has 0 spiro atoms. The van der Waals surface area contributed by atoms with E-state index < -0.39 is 10.0 Å². The van der Waals surface area contributed by atoms with E-state index in [-0.39, 0.29) is 44.2 Å². The van der Waals surface area contributed by atoms with E-state index in [2.05, 4.69) is 15.3 Å². The third-order valence-corrected chi connectivity index (χ3v) is 6.81. The van der Waals surface area contributed by atoms with Crippen LogP contribution in [0.2, 0.25) is 10.0 Å². The van der Waals surface area contributed by atoms with Crippen LogP contribution in [0.3, 0.4) is 0 Å². The van der Waals surface area contributed by atoms with Crippen LogP contribution in [-0.2, 0) is 21.2 Å². The molecule has 188 valence electrons. The Balaban J connectivity index is 1.90. The molecule has 0 radical (unpaired) electrons. The molecular weight excluding hydrogens is 527 g/mol. The van der Waals surface area contributed by atoms with Gasteiger partial charge in [0.15, 0.2) is 5.65 Å². The first-order valence-corrected chi connectivity index (χ1v) is 12.9. The van der Waals surface area contributed by atoms with Crippen molar-refractivity contribution in [2.45, 2.75) is 18.2 Å². The number of halogens is 2. The van der Waals surface area contributed by atoms with Gasteiger partial charge in [-0.05, 0) is 29.8 Å². The number of hydrogen-bond acceptors (Lipinski definition) is 6. The molecule has 2 heterocycles. The Labute approximate surface area is 216 Å². The molecule has 0 fully saturated rings.